The summed E-state index contributed by atoms with van der Waals surface area (Å²) in [5.74, 6) is 0.848. The van der Waals surface area contributed by atoms with E-state index in [4.69, 9.17) is 28.3 Å². The number of nitrogens with two attached hydrogens (primary N) is 2. The Morgan fingerprint density at radius 1 is 1.40 bits per heavy atom. The summed E-state index contributed by atoms with van der Waals surface area (Å²) in [6.45, 7) is 1.39. The zero-order valence-corrected chi connectivity index (χ0v) is 12.0. The van der Waals surface area contributed by atoms with Crippen LogP contribution >= 0.6 is 22.9 Å². The molecular formula is C12H11ClN6S. The fourth-order valence-corrected chi connectivity index (χ4v) is 3.60. The van der Waals surface area contributed by atoms with Crippen LogP contribution in [0.25, 0.3) is 0 Å². The van der Waals surface area contributed by atoms with E-state index in [-0.39, 0.29) is 5.95 Å². The first-order valence-electron chi connectivity index (χ1n) is 5.93. The van der Waals surface area contributed by atoms with Gasteiger partial charge < -0.3 is 16.4 Å². The summed E-state index contributed by atoms with van der Waals surface area (Å²) in [5.41, 5.74) is 13.2. The fraction of sp³-hybridized carbons (Fsp3) is 0.250. The van der Waals surface area contributed by atoms with Crippen LogP contribution in [0.4, 0.5) is 16.8 Å². The highest BCUT2D eigenvalue weighted by molar-refractivity contribution is 7.16. The zero-order valence-electron chi connectivity index (χ0n) is 10.4. The molecule has 2 aromatic rings. The molecule has 0 atom stereocenters. The molecule has 0 aromatic carbocycles. The number of nitriles is 1. The molecule has 0 unspecified atom stereocenters. The van der Waals surface area contributed by atoms with Crippen molar-refractivity contribution in [3.8, 4) is 6.07 Å². The third-order valence-corrected chi connectivity index (χ3v) is 4.46. The Bertz CT molecular complexity index is 699. The van der Waals surface area contributed by atoms with Crippen LogP contribution < -0.4 is 16.4 Å². The second-order valence-corrected chi connectivity index (χ2v) is 5.96. The zero-order chi connectivity index (χ0) is 14.3. The second-order valence-electron chi connectivity index (χ2n) is 4.43. The second kappa shape index (κ2) is 4.81. The van der Waals surface area contributed by atoms with Gasteiger partial charge >= 0.3 is 0 Å². The summed E-state index contributed by atoms with van der Waals surface area (Å²) in [7, 11) is 0. The number of fused-ring (bicyclic) bond motifs is 1. The lowest BCUT2D eigenvalue weighted by atomic mass is 10.0. The topological polar surface area (TPSA) is 105 Å². The third-order valence-electron chi connectivity index (χ3n) is 3.22. The van der Waals surface area contributed by atoms with E-state index >= 15 is 0 Å². The Morgan fingerprint density at radius 2 is 2.20 bits per heavy atom. The highest BCUT2D eigenvalue weighted by Crippen LogP contribution is 2.35. The maximum atomic E-state index is 9.13. The highest BCUT2D eigenvalue weighted by Gasteiger charge is 2.24. The molecule has 2 aromatic heterocycles. The molecule has 1 aliphatic heterocycles. The standard InChI is InChI=1S/C12H11ClN6S/c13-9-3-10(18-12(16)17-9)19-2-1-6-7(4-14)11(15)20-8(6)5-19/h3H,1-2,5,15H2,(H2,16,17,18). The summed E-state index contributed by atoms with van der Waals surface area (Å²) in [6.07, 6.45) is 0.757. The Morgan fingerprint density at radius 3 is 2.90 bits per heavy atom. The minimum atomic E-state index is 0.154. The van der Waals surface area contributed by atoms with Crippen molar-refractivity contribution in [2.45, 2.75) is 13.0 Å². The SMILES string of the molecule is N#Cc1c(N)sc2c1CCN(c1cc(Cl)nc(N)n1)C2. The molecule has 0 amide bonds. The molecule has 102 valence electrons. The van der Waals surface area contributed by atoms with Crippen LogP contribution in [-0.2, 0) is 13.0 Å². The van der Waals surface area contributed by atoms with Gasteiger partial charge in [-0.1, -0.05) is 11.6 Å². The van der Waals surface area contributed by atoms with Crippen molar-refractivity contribution in [1.82, 2.24) is 9.97 Å². The molecule has 6 nitrogen and oxygen atoms in total. The summed E-state index contributed by atoms with van der Waals surface area (Å²) in [5, 5.41) is 10.0. The Labute approximate surface area is 124 Å². The van der Waals surface area contributed by atoms with Gasteiger partial charge in [-0.05, 0) is 12.0 Å². The van der Waals surface area contributed by atoms with E-state index in [9.17, 15) is 0 Å². The molecule has 0 saturated carbocycles. The van der Waals surface area contributed by atoms with Gasteiger partial charge in [0.15, 0.2) is 0 Å². The van der Waals surface area contributed by atoms with E-state index in [0.717, 1.165) is 23.4 Å². The number of anilines is 3. The summed E-state index contributed by atoms with van der Waals surface area (Å²) < 4.78 is 0. The van der Waals surface area contributed by atoms with Crippen molar-refractivity contribution < 1.29 is 0 Å². The van der Waals surface area contributed by atoms with Crippen LogP contribution in [0.2, 0.25) is 5.15 Å². The number of rotatable bonds is 1. The summed E-state index contributed by atoms with van der Waals surface area (Å²) in [4.78, 5) is 11.2. The van der Waals surface area contributed by atoms with E-state index in [1.807, 2.05) is 0 Å². The molecular weight excluding hydrogens is 296 g/mol. The predicted octanol–water partition coefficient (Wildman–Crippen LogP) is 1.79. The molecule has 0 spiro atoms. The van der Waals surface area contributed by atoms with Gasteiger partial charge in [-0.15, -0.1) is 11.3 Å². The lowest BCUT2D eigenvalue weighted by molar-refractivity contribution is 0.731. The molecule has 0 aliphatic carbocycles. The average Bonchev–Trinajstić information content (AvgIpc) is 2.71. The van der Waals surface area contributed by atoms with Gasteiger partial charge in [0.25, 0.3) is 0 Å². The number of nitrogen functional groups attached to an aromatic ring is 2. The molecule has 20 heavy (non-hydrogen) atoms. The van der Waals surface area contributed by atoms with Crippen molar-refractivity contribution in [3.05, 3.63) is 27.2 Å². The van der Waals surface area contributed by atoms with Gasteiger partial charge in [0.1, 0.15) is 22.0 Å². The largest absolute Gasteiger partial charge is 0.389 e. The van der Waals surface area contributed by atoms with E-state index in [0.29, 0.717) is 28.1 Å². The molecule has 1 aliphatic rings. The lowest BCUT2D eigenvalue weighted by Gasteiger charge is -2.28. The van der Waals surface area contributed by atoms with Crippen LogP contribution in [0.15, 0.2) is 6.07 Å². The molecule has 0 radical (unpaired) electrons. The fourth-order valence-electron chi connectivity index (χ4n) is 2.33. The average molecular weight is 307 g/mol. The molecule has 8 heteroatoms. The number of aromatic nitrogens is 2. The van der Waals surface area contributed by atoms with Crippen LogP contribution in [0.3, 0.4) is 0 Å². The maximum absolute atomic E-state index is 9.13. The molecule has 0 saturated heterocycles. The van der Waals surface area contributed by atoms with Crippen molar-refractivity contribution in [2.24, 2.45) is 0 Å². The number of hydrogen-bond acceptors (Lipinski definition) is 7. The van der Waals surface area contributed by atoms with Crippen LogP contribution in [0.5, 0.6) is 0 Å². The molecule has 3 rings (SSSR count). The third kappa shape index (κ3) is 2.13. The molecule has 4 N–H and O–H groups in total. The summed E-state index contributed by atoms with van der Waals surface area (Å²) in [6, 6.07) is 3.86. The minimum Gasteiger partial charge on any atom is -0.389 e. The van der Waals surface area contributed by atoms with Crippen LogP contribution in [0.1, 0.15) is 16.0 Å². The van der Waals surface area contributed by atoms with Crippen molar-refractivity contribution in [2.75, 3.05) is 22.9 Å². The van der Waals surface area contributed by atoms with E-state index in [1.165, 1.54) is 11.3 Å². The van der Waals surface area contributed by atoms with Gasteiger partial charge in [0.2, 0.25) is 5.95 Å². The smallest absolute Gasteiger partial charge is 0.223 e. The number of nitrogens with zero attached hydrogens (tertiary/aromatic N) is 4. The Kier molecular flexibility index (Phi) is 3.12. The number of thiophene rings is 1. The Hall–Kier alpha value is -2.04. The lowest BCUT2D eigenvalue weighted by Crippen LogP contribution is -2.30. The highest BCUT2D eigenvalue weighted by atomic mass is 35.5. The van der Waals surface area contributed by atoms with Crippen molar-refractivity contribution in [3.63, 3.8) is 0 Å². The monoisotopic (exact) mass is 306 g/mol. The normalized spacial score (nSPS) is 13.9. The molecule has 0 bridgehead atoms. The van der Waals surface area contributed by atoms with Gasteiger partial charge in [0.05, 0.1) is 12.1 Å². The number of hydrogen-bond donors (Lipinski definition) is 2. The van der Waals surface area contributed by atoms with Gasteiger partial charge in [0, 0.05) is 17.5 Å². The van der Waals surface area contributed by atoms with Gasteiger partial charge in [-0.3, -0.25) is 0 Å². The van der Waals surface area contributed by atoms with E-state index in [1.54, 1.807) is 6.07 Å². The van der Waals surface area contributed by atoms with Gasteiger partial charge in [-0.2, -0.15) is 10.2 Å². The molecule has 0 fully saturated rings. The Balaban J connectivity index is 1.95. The maximum Gasteiger partial charge on any atom is 0.223 e. The quantitative estimate of drug-likeness (QED) is 0.778. The first-order chi connectivity index (χ1) is 9.58. The first kappa shape index (κ1) is 13.0. The van der Waals surface area contributed by atoms with Crippen LogP contribution in [0, 0.1) is 11.3 Å². The van der Waals surface area contributed by atoms with Crippen molar-refractivity contribution >= 4 is 39.7 Å². The predicted molar refractivity (Wildman–Crippen MR) is 79.7 cm³/mol. The van der Waals surface area contributed by atoms with Crippen molar-refractivity contribution in [1.29, 1.82) is 5.26 Å². The van der Waals surface area contributed by atoms with Gasteiger partial charge in [-0.25, -0.2) is 4.98 Å². The first-order valence-corrected chi connectivity index (χ1v) is 7.13. The summed E-state index contributed by atoms with van der Waals surface area (Å²) >= 11 is 7.36. The van der Waals surface area contributed by atoms with Crippen LogP contribution in [-0.4, -0.2) is 16.5 Å². The van der Waals surface area contributed by atoms with E-state index < -0.39 is 0 Å². The molecule has 3 heterocycles. The number of halogens is 1. The minimum absolute atomic E-state index is 0.154. The van der Waals surface area contributed by atoms with E-state index in [2.05, 4.69) is 20.9 Å².